The molecule has 7 heteroatoms. The molecule has 0 aliphatic rings. The average molecular weight is 311 g/mol. The maximum absolute atomic E-state index is 12.3. The Hall–Kier alpha value is -0.820. The van der Waals surface area contributed by atoms with E-state index in [1.165, 1.54) is 22.2 Å². The first-order chi connectivity index (χ1) is 7.45. The van der Waals surface area contributed by atoms with Crippen molar-refractivity contribution in [2.45, 2.75) is 12.7 Å². The molecular weight excluding hydrogens is 305 g/mol. The minimum atomic E-state index is -4.37. The van der Waals surface area contributed by atoms with Crippen LogP contribution in [0.25, 0.3) is 0 Å². The molecule has 0 saturated carbocycles. The van der Waals surface area contributed by atoms with Crippen molar-refractivity contribution in [3.05, 3.63) is 38.8 Å². The molecule has 2 rings (SSSR count). The van der Waals surface area contributed by atoms with Crippen LogP contribution in [0, 0.1) is 0 Å². The molecule has 2 heterocycles. The number of halogens is 4. The topological polar surface area (TPSA) is 17.8 Å². The third-order valence-electron chi connectivity index (χ3n) is 1.87. The van der Waals surface area contributed by atoms with E-state index in [9.17, 15) is 13.2 Å². The van der Waals surface area contributed by atoms with Gasteiger partial charge < -0.3 is 0 Å². The molecule has 0 atom stereocenters. The van der Waals surface area contributed by atoms with Crippen LogP contribution in [-0.2, 0) is 12.7 Å². The van der Waals surface area contributed by atoms with Gasteiger partial charge in [-0.1, -0.05) is 0 Å². The van der Waals surface area contributed by atoms with E-state index in [1.54, 1.807) is 0 Å². The van der Waals surface area contributed by atoms with Gasteiger partial charge in [0.15, 0.2) is 5.69 Å². The molecule has 0 aliphatic carbocycles. The number of alkyl halides is 3. The molecule has 86 valence electrons. The largest absolute Gasteiger partial charge is 0.435 e. The fraction of sp³-hybridized carbons (Fsp3) is 0.222. The maximum Gasteiger partial charge on any atom is 0.435 e. The minimum absolute atomic E-state index is 0.354. The summed E-state index contributed by atoms with van der Waals surface area (Å²) in [6.07, 6.45) is -3.04. The lowest BCUT2D eigenvalue weighted by Crippen LogP contribution is -2.08. The van der Waals surface area contributed by atoms with Gasteiger partial charge in [0, 0.05) is 20.9 Å². The summed E-state index contributed by atoms with van der Waals surface area (Å²) >= 11 is 4.76. The summed E-state index contributed by atoms with van der Waals surface area (Å²) in [5.74, 6) is 0. The average Bonchev–Trinajstić information content (AvgIpc) is 2.74. The first kappa shape index (κ1) is 11.7. The highest BCUT2D eigenvalue weighted by molar-refractivity contribution is 9.10. The van der Waals surface area contributed by atoms with E-state index in [0.29, 0.717) is 6.54 Å². The first-order valence-corrected chi connectivity index (χ1v) is 5.96. The van der Waals surface area contributed by atoms with Gasteiger partial charge in [0.2, 0.25) is 0 Å². The Morgan fingerprint density at radius 1 is 1.44 bits per heavy atom. The van der Waals surface area contributed by atoms with Gasteiger partial charge in [0.25, 0.3) is 0 Å². The van der Waals surface area contributed by atoms with Crippen molar-refractivity contribution in [3.63, 3.8) is 0 Å². The molecule has 0 aromatic carbocycles. The highest BCUT2D eigenvalue weighted by Crippen LogP contribution is 2.27. The van der Waals surface area contributed by atoms with Crippen molar-refractivity contribution in [1.82, 2.24) is 9.78 Å². The van der Waals surface area contributed by atoms with Crippen LogP contribution in [0.5, 0.6) is 0 Å². The summed E-state index contributed by atoms with van der Waals surface area (Å²) in [5, 5.41) is 5.35. The quantitative estimate of drug-likeness (QED) is 0.825. The Kier molecular flexibility index (Phi) is 3.07. The fourth-order valence-corrected chi connectivity index (χ4v) is 2.64. The molecule has 0 aliphatic heterocycles. The van der Waals surface area contributed by atoms with Crippen molar-refractivity contribution in [3.8, 4) is 0 Å². The Labute approximate surface area is 102 Å². The lowest BCUT2D eigenvalue weighted by Gasteiger charge is -2.01. The van der Waals surface area contributed by atoms with Crippen LogP contribution >= 0.6 is 27.3 Å². The van der Waals surface area contributed by atoms with Gasteiger partial charge in [-0.15, -0.1) is 11.3 Å². The SMILES string of the molecule is FC(F)(F)c1ccn(Cc2cc(Br)cs2)n1. The zero-order valence-electron chi connectivity index (χ0n) is 7.83. The Balaban J connectivity index is 2.14. The molecule has 0 saturated heterocycles. The zero-order valence-corrected chi connectivity index (χ0v) is 10.2. The number of hydrogen-bond acceptors (Lipinski definition) is 2. The highest BCUT2D eigenvalue weighted by atomic mass is 79.9. The van der Waals surface area contributed by atoms with Crippen LogP contribution in [0.2, 0.25) is 0 Å². The Morgan fingerprint density at radius 2 is 2.19 bits per heavy atom. The highest BCUT2D eigenvalue weighted by Gasteiger charge is 2.33. The fourth-order valence-electron chi connectivity index (χ4n) is 1.20. The van der Waals surface area contributed by atoms with Crippen LogP contribution < -0.4 is 0 Å². The molecule has 0 bridgehead atoms. The molecular formula is C9H6BrF3N2S. The van der Waals surface area contributed by atoms with Gasteiger partial charge in [-0.2, -0.15) is 18.3 Å². The minimum Gasteiger partial charge on any atom is -0.267 e. The van der Waals surface area contributed by atoms with Gasteiger partial charge in [-0.3, -0.25) is 4.68 Å². The number of aromatic nitrogens is 2. The van der Waals surface area contributed by atoms with Crippen molar-refractivity contribution in [2.75, 3.05) is 0 Å². The second kappa shape index (κ2) is 4.21. The number of nitrogens with zero attached hydrogens (tertiary/aromatic N) is 2. The Bertz CT molecular complexity index is 489. The molecule has 0 N–H and O–H groups in total. The molecule has 0 unspecified atom stereocenters. The number of hydrogen-bond donors (Lipinski definition) is 0. The maximum atomic E-state index is 12.3. The van der Waals surface area contributed by atoms with E-state index in [1.807, 2.05) is 11.4 Å². The van der Waals surface area contributed by atoms with Gasteiger partial charge in [-0.05, 0) is 28.1 Å². The summed E-state index contributed by atoms with van der Waals surface area (Å²) < 4.78 is 39.0. The summed E-state index contributed by atoms with van der Waals surface area (Å²) in [4.78, 5) is 0.948. The van der Waals surface area contributed by atoms with Gasteiger partial charge in [0.05, 0.1) is 6.54 Å². The lowest BCUT2D eigenvalue weighted by molar-refractivity contribution is -0.141. The monoisotopic (exact) mass is 310 g/mol. The van der Waals surface area contributed by atoms with E-state index in [2.05, 4.69) is 21.0 Å². The van der Waals surface area contributed by atoms with Crippen molar-refractivity contribution < 1.29 is 13.2 Å². The first-order valence-electron chi connectivity index (χ1n) is 4.29. The van der Waals surface area contributed by atoms with E-state index in [4.69, 9.17) is 0 Å². The van der Waals surface area contributed by atoms with Crippen molar-refractivity contribution in [1.29, 1.82) is 0 Å². The van der Waals surface area contributed by atoms with Crippen LogP contribution in [0.3, 0.4) is 0 Å². The summed E-state index contributed by atoms with van der Waals surface area (Å²) in [6, 6.07) is 2.84. The third kappa shape index (κ3) is 2.65. The number of thiophene rings is 1. The molecule has 2 aromatic heterocycles. The third-order valence-corrected chi connectivity index (χ3v) is 3.55. The van der Waals surface area contributed by atoms with E-state index in [-0.39, 0.29) is 0 Å². The van der Waals surface area contributed by atoms with E-state index < -0.39 is 11.9 Å². The molecule has 0 radical (unpaired) electrons. The van der Waals surface area contributed by atoms with Crippen molar-refractivity contribution in [2.24, 2.45) is 0 Å². The molecule has 0 fully saturated rings. The van der Waals surface area contributed by atoms with Gasteiger partial charge in [-0.25, -0.2) is 0 Å². The van der Waals surface area contributed by atoms with Crippen LogP contribution in [0.4, 0.5) is 13.2 Å². The zero-order chi connectivity index (χ0) is 11.8. The normalized spacial score (nSPS) is 12.0. The van der Waals surface area contributed by atoms with Crippen molar-refractivity contribution >= 4 is 27.3 Å². The Morgan fingerprint density at radius 3 is 2.69 bits per heavy atom. The molecule has 2 aromatic rings. The van der Waals surface area contributed by atoms with Gasteiger partial charge in [0.1, 0.15) is 0 Å². The summed E-state index contributed by atoms with van der Waals surface area (Å²) in [6.45, 7) is 0.354. The second-order valence-corrected chi connectivity index (χ2v) is 5.04. The molecule has 16 heavy (non-hydrogen) atoms. The van der Waals surface area contributed by atoms with Crippen LogP contribution in [0.15, 0.2) is 28.2 Å². The van der Waals surface area contributed by atoms with Crippen LogP contribution in [-0.4, -0.2) is 9.78 Å². The predicted molar refractivity (Wildman–Crippen MR) is 58.4 cm³/mol. The lowest BCUT2D eigenvalue weighted by atomic mass is 10.4. The standard InChI is InChI=1S/C9H6BrF3N2S/c10-6-3-7(16-5-6)4-15-2-1-8(14-15)9(11,12)13/h1-3,5H,4H2. The van der Waals surface area contributed by atoms with E-state index >= 15 is 0 Å². The van der Waals surface area contributed by atoms with Crippen LogP contribution in [0.1, 0.15) is 10.6 Å². The second-order valence-electron chi connectivity index (χ2n) is 3.13. The molecule has 0 spiro atoms. The smallest absolute Gasteiger partial charge is 0.267 e. The summed E-state index contributed by atoms with van der Waals surface area (Å²) in [5.41, 5.74) is -0.858. The molecule has 2 nitrogen and oxygen atoms in total. The number of rotatable bonds is 2. The summed E-state index contributed by atoms with van der Waals surface area (Å²) in [7, 11) is 0. The van der Waals surface area contributed by atoms with E-state index in [0.717, 1.165) is 15.4 Å². The predicted octanol–water partition coefficient (Wildman–Crippen LogP) is 3.77. The van der Waals surface area contributed by atoms with Gasteiger partial charge >= 0.3 is 6.18 Å². The molecule has 0 amide bonds.